The van der Waals surface area contributed by atoms with Crippen molar-refractivity contribution in [1.82, 2.24) is 5.32 Å². The first-order valence-electron chi connectivity index (χ1n) is 6.20. The highest BCUT2D eigenvalue weighted by Gasteiger charge is 2.20. The van der Waals surface area contributed by atoms with Gasteiger partial charge in [-0.25, -0.2) is 4.79 Å². The van der Waals surface area contributed by atoms with Crippen molar-refractivity contribution in [2.75, 3.05) is 0 Å². The first kappa shape index (κ1) is 16.2. The van der Waals surface area contributed by atoms with Gasteiger partial charge in [0, 0.05) is 16.5 Å². The van der Waals surface area contributed by atoms with Crippen LogP contribution in [-0.4, -0.2) is 23.0 Å². The molecule has 0 saturated heterocycles. The van der Waals surface area contributed by atoms with E-state index in [2.05, 4.69) is 21.2 Å². The van der Waals surface area contributed by atoms with E-state index in [9.17, 15) is 9.59 Å². The minimum absolute atomic E-state index is 0.316. The fraction of sp³-hybridized carbons (Fsp3) is 0.357. The molecule has 1 aromatic carbocycles. The molecule has 0 aliphatic rings. The molecule has 0 spiro atoms. The van der Waals surface area contributed by atoms with E-state index >= 15 is 0 Å². The summed E-state index contributed by atoms with van der Waals surface area (Å²) in [5.41, 5.74) is 0.405. The number of nitrogens with one attached hydrogen (secondary N) is 1. The summed E-state index contributed by atoms with van der Waals surface area (Å²) in [6.07, 6.45) is 1.93. The number of carboxylic acids is 1. The number of nitriles is 1. The number of hydrogen-bond donors (Lipinski definition) is 2. The lowest BCUT2D eigenvalue weighted by molar-refractivity contribution is -0.139. The molecular weight excluding hydrogens is 324 g/mol. The molecule has 0 aliphatic carbocycles. The molecule has 2 N–H and O–H groups in total. The lowest BCUT2D eigenvalue weighted by Gasteiger charge is -2.14. The average Bonchev–Trinajstić information content (AvgIpc) is 2.41. The summed E-state index contributed by atoms with van der Waals surface area (Å²) in [5, 5.41) is 20.0. The Bertz CT molecular complexity index is 525. The largest absolute Gasteiger partial charge is 0.480 e. The molecule has 0 heterocycles. The van der Waals surface area contributed by atoms with Gasteiger partial charge in [-0.3, -0.25) is 4.79 Å². The van der Waals surface area contributed by atoms with E-state index in [-0.39, 0.29) is 0 Å². The van der Waals surface area contributed by atoms with Crippen molar-refractivity contribution in [3.05, 3.63) is 34.3 Å². The van der Waals surface area contributed by atoms with Gasteiger partial charge in [0.2, 0.25) is 0 Å². The van der Waals surface area contributed by atoms with Crippen LogP contribution < -0.4 is 5.32 Å². The highest BCUT2D eigenvalue weighted by molar-refractivity contribution is 9.10. The van der Waals surface area contributed by atoms with Crippen molar-refractivity contribution in [1.29, 1.82) is 5.26 Å². The Morgan fingerprint density at radius 2 is 2.15 bits per heavy atom. The van der Waals surface area contributed by atoms with Crippen molar-refractivity contribution >= 4 is 27.8 Å². The smallest absolute Gasteiger partial charge is 0.326 e. The highest BCUT2D eigenvalue weighted by atomic mass is 79.9. The van der Waals surface area contributed by atoms with Gasteiger partial charge in [0.15, 0.2) is 0 Å². The zero-order valence-electron chi connectivity index (χ0n) is 10.8. The van der Waals surface area contributed by atoms with Gasteiger partial charge in [0.05, 0.1) is 6.07 Å². The molecule has 0 bridgehead atoms. The maximum Gasteiger partial charge on any atom is 0.326 e. The SMILES string of the molecule is N#CCCCC[C@@H](NC(=O)c1cccc(Br)c1)C(=O)O. The number of carboxylic acid groups (broad SMARTS) is 1. The third-order valence-corrected chi connectivity index (χ3v) is 3.21. The van der Waals surface area contributed by atoms with Gasteiger partial charge in [-0.05, 0) is 37.5 Å². The summed E-state index contributed by atoms with van der Waals surface area (Å²) in [4.78, 5) is 23.1. The van der Waals surface area contributed by atoms with Crippen molar-refractivity contribution in [2.45, 2.75) is 31.7 Å². The van der Waals surface area contributed by atoms with Crippen LogP contribution in [0.5, 0.6) is 0 Å². The molecule has 0 radical (unpaired) electrons. The fourth-order valence-electron chi connectivity index (χ4n) is 1.68. The normalized spacial score (nSPS) is 11.4. The number of unbranched alkanes of at least 4 members (excludes halogenated alkanes) is 2. The van der Waals surface area contributed by atoms with E-state index in [0.29, 0.717) is 31.2 Å². The maximum absolute atomic E-state index is 12.0. The Balaban J connectivity index is 2.59. The molecule has 1 atom stereocenters. The highest BCUT2D eigenvalue weighted by Crippen LogP contribution is 2.12. The minimum atomic E-state index is -1.06. The quantitative estimate of drug-likeness (QED) is 0.748. The van der Waals surface area contributed by atoms with Crippen LogP contribution >= 0.6 is 15.9 Å². The first-order chi connectivity index (χ1) is 9.54. The second kappa shape index (κ2) is 8.33. The standard InChI is InChI=1S/C14H15BrN2O3/c15-11-6-4-5-10(9-11)13(18)17-12(14(19)20)7-2-1-3-8-16/h4-6,9,12H,1-3,7H2,(H,17,18)(H,19,20)/t12-/m1/s1. The van der Waals surface area contributed by atoms with Gasteiger partial charge in [-0.1, -0.05) is 22.0 Å². The lowest BCUT2D eigenvalue weighted by atomic mass is 10.1. The molecule has 1 rings (SSSR count). The molecule has 0 aliphatic heterocycles. The van der Waals surface area contributed by atoms with Crippen molar-refractivity contribution in [3.8, 4) is 6.07 Å². The maximum atomic E-state index is 12.0. The Morgan fingerprint density at radius 3 is 2.75 bits per heavy atom. The molecule has 106 valence electrons. The van der Waals surface area contributed by atoms with E-state index in [0.717, 1.165) is 4.47 Å². The first-order valence-corrected chi connectivity index (χ1v) is 7.00. The van der Waals surface area contributed by atoms with E-state index in [4.69, 9.17) is 10.4 Å². The van der Waals surface area contributed by atoms with Crippen LogP contribution in [0.4, 0.5) is 0 Å². The number of carbonyl (C=O) groups excluding carboxylic acids is 1. The van der Waals surface area contributed by atoms with Crippen LogP contribution in [-0.2, 0) is 4.79 Å². The molecule has 0 unspecified atom stereocenters. The Kier molecular flexibility index (Phi) is 6.74. The fourth-order valence-corrected chi connectivity index (χ4v) is 2.08. The van der Waals surface area contributed by atoms with E-state index in [1.165, 1.54) is 0 Å². The average molecular weight is 339 g/mol. The van der Waals surface area contributed by atoms with Crippen LogP contribution in [0, 0.1) is 11.3 Å². The Hall–Kier alpha value is -1.87. The molecule has 1 aromatic rings. The van der Waals surface area contributed by atoms with Gasteiger partial charge in [-0.2, -0.15) is 5.26 Å². The van der Waals surface area contributed by atoms with Crippen molar-refractivity contribution in [2.24, 2.45) is 0 Å². The Labute approximate surface area is 125 Å². The zero-order chi connectivity index (χ0) is 15.0. The van der Waals surface area contributed by atoms with Gasteiger partial charge in [0.25, 0.3) is 5.91 Å². The second-order valence-corrected chi connectivity index (χ2v) is 5.19. The van der Waals surface area contributed by atoms with Crippen molar-refractivity contribution in [3.63, 3.8) is 0 Å². The van der Waals surface area contributed by atoms with E-state index < -0.39 is 17.9 Å². The molecule has 0 fully saturated rings. The number of rotatable bonds is 7. The van der Waals surface area contributed by atoms with Gasteiger partial charge >= 0.3 is 5.97 Å². The molecule has 1 amide bonds. The predicted octanol–water partition coefficient (Wildman–Crippen LogP) is 2.72. The van der Waals surface area contributed by atoms with Gasteiger partial charge in [-0.15, -0.1) is 0 Å². The summed E-state index contributed by atoms with van der Waals surface area (Å²) in [7, 11) is 0. The molecule has 20 heavy (non-hydrogen) atoms. The summed E-state index contributed by atoms with van der Waals surface area (Å²) < 4.78 is 0.756. The molecule has 6 heteroatoms. The molecule has 0 saturated carbocycles. The number of benzene rings is 1. The zero-order valence-corrected chi connectivity index (χ0v) is 12.4. The van der Waals surface area contributed by atoms with Crippen molar-refractivity contribution < 1.29 is 14.7 Å². The van der Waals surface area contributed by atoms with Gasteiger partial charge < -0.3 is 10.4 Å². The summed E-state index contributed by atoms with van der Waals surface area (Å²) in [6.45, 7) is 0. The summed E-state index contributed by atoms with van der Waals surface area (Å²) in [6, 6.07) is 7.82. The predicted molar refractivity (Wildman–Crippen MR) is 77.1 cm³/mol. The Morgan fingerprint density at radius 1 is 1.40 bits per heavy atom. The number of hydrogen-bond acceptors (Lipinski definition) is 3. The van der Waals surface area contributed by atoms with E-state index in [1.54, 1.807) is 24.3 Å². The molecule has 5 nitrogen and oxygen atoms in total. The second-order valence-electron chi connectivity index (χ2n) is 4.28. The third kappa shape index (κ3) is 5.41. The number of aliphatic carboxylic acids is 1. The van der Waals surface area contributed by atoms with Gasteiger partial charge in [0.1, 0.15) is 6.04 Å². The monoisotopic (exact) mass is 338 g/mol. The number of carbonyl (C=O) groups is 2. The van der Waals surface area contributed by atoms with E-state index in [1.807, 2.05) is 6.07 Å². The van der Waals surface area contributed by atoms with Crippen LogP contribution in [0.25, 0.3) is 0 Å². The summed E-state index contributed by atoms with van der Waals surface area (Å²) in [5.74, 6) is -1.48. The topological polar surface area (TPSA) is 90.2 Å². The summed E-state index contributed by atoms with van der Waals surface area (Å²) >= 11 is 3.26. The number of amides is 1. The van der Waals surface area contributed by atoms with Crippen LogP contribution in [0.3, 0.4) is 0 Å². The minimum Gasteiger partial charge on any atom is -0.480 e. The van der Waals surface area contributed by atoms with Crippen LogP contribution in [0.2, 0.25) is 0 Å². The lowest BCUT2D eigenvalue weighted by Crippen LogP contribution is -2.40. The number of halogens is 1. The number of nitrogens with zero attached hydrogens (tertiary/aromatic N) is 1. The van der Waals surface area contributed by atoms with Crippen LogP contribution in [0.15, 0.2) is 28.7 Å². The van der Waals surface area contributed by atoms with Crippen LogP contribution in [0.1, 0.15) is 36.0 Å². The molecular formula is C14H15BrN2O3. The third-order valence-electron chi connectivity index (χ3n) is 2.72. The molecule has 0 aromatic heterocycles.